The number of halogens is 2. The van der Waals surface area contributed by atoms with Crippen LogP contribution in [0.15, 0.2) is 48.5 Å². The minimum Gasteiger partial charge on any atom is -0.455 e. The molecule has 0 spiro atoms. The smallest absolute Gasteiger partial charge is 0.146 e. The minimum absolute atomic E-state index is 0.617. The van der Waals surface area contributed by atoms with E-state index >= 15 is 0 Å². The fraction of sp³-hybridized carbons (Fsp3) is 0.0769. The first-order valence-electron chi connectivity index (χ1n) is 4.87. The fourth-order valence-corrected chi connectivity index (χ4v) is 2.00. The summed E-state index contributed by atoms with van der Waals surface area (Å²) in [6.07, 6.45) is 0. The van der Waals surface area contributed by atoms with Crippen molar-refractivity contribution in [2.45, 2.75) is 5.33 Å². The van der Waals surface area contributed by atoms with Gasteiger partial charge in [-0.05, 0) is 18.2 Å². The van der Waals surface area contributed by atoms with Crippen molar-refractivity contribution in [2.24, 2.45) is 0 Å². The van der Waals surface area contributed by atoms with Crippen molar-refractivity contribution in [3.05, 3.63) is 59.1 Å². The van der Waals surface area contributed by atoms with E-state index in [4.69, 9.17) is 16.3 Å². The van der Waals surface area contributed by atoms with E-state index in [2.05, 4.69) is 15.9 Å². The van der Waals surface area contributed by atoms with Gasteiger partial charge in [-0.2, -0.15) is 0 Å². The first-order chi connectivity index (χ1) is 7.81. The summed E-state index contributed by atoms with van der Waals surface area (Å²) in [5.41, 5.74) is 1.10. The highest BCUT2D eigenvalue weighted by Crippen LogP contribution is 2.31. The molecule has 0 heterocycles. The third-order valence-electron chi connectivity index (χ3n) is 2.17. The van der Waals surface area contributed by atoms with Gasteiger partial charge in [0.2, 0.25) is 0 Å². The third kappa shape index (κ3) is 2.57. The second-order valence-electron chi connectivity index (χ2n) is 3.27. The van der Waals surface area contributed by atoms with E-state index in [1.807, 2.05) is 48.5 Å². The van der Waals surface area contributed by atoms with Crippen LogP contribution in [0.1, 0.15) is 5.56 Å². The molecule has 1 nitrogen and oxygen atoms in total. The van der Waals surface area contributed by atoms with Crippen molar-refractivity contribution in [3.8, 4) is 11.5 Å². The average Bonchev–Trinajstić information content (AvgIpc) is 2.33. The minimum atomic E-state index is 0.617. The van der Waals surface area contributed by atoms with Gasteiger partial charge in [0.1, 0.15) is 11.5 Å². The van der Waals surface area contributed by atoms with E-state index in [0.29, 0.717) is 10.8 Å². The molecule has 0 amide bonds. The van der Waals surface area contributed by atoms with Crippen LogP contribution < -0.4 is 4.74 Å². The third-order valence-corrected chi connectivity index (χ3v) is 3.09. The monoisotopic (exact) mass is 296 g/mol. The number of rotatable bonds is 3. The Bertz CT molecular complexity index is 485. The van der Waals surface area contributed by atoms with E-state index in [0.717, 1.165) is 16.6 Å². The SMILES string of the molecule is Clc1ccccc1Oc1ccccc1CBr. The number of hydrogen-bond acceptors (Lipinski definition) is 1. The van der Waals surface area contributed by atoms with Gasteiger partial charge in [-0.15, -0.1) is 0 Å². The van der Waals surface area contributed by atoms with Crippen molar-refractivity contribution < 1.29 is 4.74 Å². The quantitative estimate of drug-likeness (QED) is 0.722. The molecule has 16 heavy (non-hydrogen) atoms. The summed E-state index contributed by atoms with van der Waals surface area (Å²) in [5, 5.41) is 1.38. The molecule has 0 fully saturated rings. The molecule has 0 aliphatic carbocycles. The molecule has 0 radical (unpaired) electrons. The van der Waals surface area contributed by atoms with Crippen LogP contribution in [0.2, 0.25) is 5.02 Å². The summed E-state index contributed by atoms with van der Waals surface area (Å²) in [6, 6.07) is 15.3. The van der Waals surface area contributed by atoms with Crippen molar-refractivity contribution in [2.75, 3.05) is 0 Å². The molecule has 2 aromatic rings. The molecular weight excluding hydrogens is 287 g/mol. The molecule has 2 rings (SSSR count). The van der Waals surface area contributed by atoms with Gasteiger partial charge in [-0.3, -0.25) is 0 Å². The van der Waals surface area contributed by atoms with Crippen molar-refractivity contribution in [1.82, 2.24) is 0 Å². The lowest BCUT2D eigenvalue weighted by Gasteiger charge is -2.10. The van der Waals surface area contributed by atoms with Crippen LogP contribution in [-0.2, 0) is 5.33 Å². The number of alkyl halides is 1. The summed E-state index contributed by atoms with van der Waals surface area (Å²) in [7, 11) is 0. The van der Waals surface area contributed by atoms with Gasteiger partial charge in [-0.25, -0.2) is 0 Å². The zero-order valence-corrected chi connectivity index (χ0v) is 10.8. The van der Waals surface area contributed by atoms with Gasteiger partial charge < -0.3 is 4.74 Å². The Kier molecular flexibility index (Phi) is 3.86. The topological polar surface area (TPSA) is 9.23 Å². The maximum Gasteiger partial charge on any atom is 0.146 e. The Morgan fingerprint density at radius 2 is 1.56 bits per heavy atom. The van der Waals surface area contributed by atoms with Crippen LogP contribution in [-0.4, -0.2) is 0 Å². The van der Waals surface area contributed by atoms with Crippen LogP contribution in [0, 0.1) is 0 Å². The Morgan fingerprint density at radius 3 is 2.25 bits per heavy atom. The second kappa shape index (κ2) is 5.37. The molecule has 0 bridgehead atoms. The Hall–Kier alpha value is -0.990. The van der Waals surface area contributed by atoms with Crippen molar-refractivity contribution in [3.63, 3.8) is 0 Å². The normalized spacial score (nSPS) is 10.1. The lowest BCUT2D eigenvalue weighted by molar-refractivity contribution is 0.479. The Morgan fingerprint density at radius 1 is 0.938 bits per heavy atom. The highest BCUT2D eigenvalue weighted by molar-refractivity contribution is 9.08. The maximum absolute atomic E-state index is 6.03. The number of ether oxygens (including phenoxy) is 1. The highest BCUT2D eigenvalue weighted by Gasteiger charge is 2.05. The molecule has 0 N–H and O–H groups in total. The second-order valence-corrected chi connectivity index (χ2v) is 4.24. The summed E-state index contributed by atoms with van der Waals surface area (Å²) in [5.74, 6) is 1.50. The first kappa shape index (κ1) is 11.5. The molecule has 2 aromatic carbocycles. The summed E-state index contributed by atoms with van der Waals surface area (Å²) >= 11 is 9.46. The predicted molar refractivity (Wildman–Crippen MR) is 70.6 cm³/mol. The van der Waals surface area contributed by atoms with Gasteiger partial charge in [0.25, 0.3) is 0 Å². The predicted octanol–water partition coefficient (Wildman–Crippen LogP) is 5.03. The van der Waals surface area contributed by atoms with E-state index < -0.39 is 0 Å². The molecule has 3 heteroatoms. The van der Waals surface area contributed by atoms with Gasteiger partial charge in [0, 0.05) is 10.9 Å². The van der Waals surface area contributed by atoms with Crippen LogP contribution in [0.3, 0.4) is 0 Å². The molecule has 0 aromatic heterocycles. The highest BCUT2D eigenvalue weighted by atomic mass is 79.9. The average molecular weight is 298 g/mol. The summed E-state index contributed by atoms with van der Waals surface area (Å²) < 4.78 is 5.77. The number of hydrogen-bond donors (Lipinski definition) is 0. The van der Waals surface area contributed by atoms with Crippen LogP contribution in [0.5, 0.6) is 11.5 Å². The number of para-hydroxylation sites is 2. The zero-order valence-electron chi connectivity index (χ0n) is 8.49. The van der Waals surface area contributed by atoms with Gasteiger partial charge >= 0.3 is 0 Å². The molecule has 0 unspecified atom stereocenters. The van der Waals surface area contributed by atoms with Crippen molar-refractivity contribution in [1.29, 1.82) is 0 Å². The Balaban J connectivity index is 2.30. The lowest BCUT2D eigenvalue weighted by Crippen LogP contribution is -1.89. The molecule has 0 saturated carbocycles. The Labute approximate surface area is 108 Å². The first-order valence-corrected chi connectivity index (χ1v) is 6.37. The van der Waals surface area contributed by atoms with Crippen LogP contribution >= 0.6 is 27.5 Å². The van der Waals surface area contributed by atoms with Crippen molar-refractivity contribution >= 4 is 27.5 Å². The zero-order chi connectivity index (χ0) is 11.4. The van der Waals surface area contributed by atoms with E-state index in [-0.39, 0.29) is 0 Å². The standard InChI is InChI=1S/C13H10BrClO/c14-9-10-5-1-3-7-12(10)16-13-8-4-2-6-11(13)15/h1-8H,9H2. The molecule has 0 saturated heterocycles. The lowest BCUT2D eigenvalue weighted by atomic mass is 10.2. The fourth-order valence-electron chi connectivity index (χ4n) is 1.36. The van der Waals surface area contributed by atoms with Crippen LogP contribution in [0.4, 0.5) is 0 Å². The maximum atomic E-state index is 6.03. The number of benzene rings is 2. The van der Waals surface area contributed by atoms with Gasteiger partial charge in [-0.1, -0.05) is 57.9 Å². The molecule has 0 aliphatic heterocycles. The van der Waals surface area contributed by atoms with E-state index in [1.165, 1.54) is 0 Å². The largest absolute Gasteiger partial charge is 0.455 e. The van der Waals surface area contributed by atoms with Gasteiger partial charge in [0.05, 0.1) is 5.02 Å². The molecule has 0 atom stereocenters. The van der Waals surface area contributed by atoms with E-state index in [9.17, 15) is 0 Å². The van der Waals surface area contributed by atoms with Gasteiger partial charge in [0.15, 0.2) is 0 Å². The molecule has 82 valence electrons. The summed E-state index contributed by atoms with van der Waals surface area (Å²) in [4.78, 5) is 0. The molecule has 0 aliphatic rings. The summed E-state index contributed by atoms with van der Waals surface area (Å²) in [6.45, 7) is 0. The van der Waals surface area contributed by atoms with E-state index in [1.54, 1.807) is 0 Å². The van der Waals surface area contributed by atoms with Crippen LogP contribution in [0.25, 0.3) is 0 Å². The molecular formula is C13H10BrClO.